The molecule has 0 aliphatic carbocycles. The van der Waals surface area contributed by atoms with Gasteiger partial charge in [-0.3, -0.25) is 9.59 Å². The number of carbonyl (C=O) groups is 2. The zero-order valence-corrected chi connectivity index (χ0v) is 13.8. The predicted molar refractivity (Wildman–Crippen MR) is 91.7 cm³/mol. The molecule has 3 rings (SSSR count). The molecule has 1 heterocycles. The molecular weight excluding hydrogens is 331 g/mol. The van der Waals surface area contributed by atoms with Gasteiger partial charge in [0.1, 0.15) is 5.82 Å². The Hall–Kier alpha value is -2.40. The van der Waals surface area contributed by atoms with E-state index in [0.29, 0.717) is 28.5 Å². The number of hydrogen-bond acceptors (Lipinski definition) is 2. The lowest BCUT2D eigenvalue weighted by Gasteiger charge is -2.16. The minimum Gasteiger partial charge on any atom is -0.326 e. The van der Waals surface area contributed by atoms with Crippen LogP contribution in [-0.2, 0) is 9.59 Å². The highest BCUT2D eigenvalue weighted by Gasteiger charge is 2.35. The summed E-state index contributed by atoms with van der Waals surface area (Å²) >= 11 is 5.85. The van der Waals surface area contributed by atoms with Gasteiger partial charge in [0.2, 0.25) is 11.8 Å². The third-order valence-electron chi connectivity index (χ3n) is 4.07. The van der Waals surface area contributed by atoms with Crippen molar-refractivity contribution < 1.29 is 14.0 Å². The number of benzene rings is 2. The Morgan fingerprint density at radius 3 is 2.62 bits per heavy atom. The summed E-state index contributed by atoms with van der Waals surface area (Å²) in [4.78, 5) is 26.1. The van der Waals surface area contributed by atoms with Crippen molar-refractivity contribution in [2.24, 2.45) is 5.92 Å². The van der Waals surface area contributed by atoms with Crippen LogP contribution in [0.2, 0.25) is 5.02 Å². The molecule has 2 aromatic carbocycles. The van der Waals surface area contributed by atoms with Gasteiger partial charge >= 0.3 is 0 Å². The molecule has 1 N–H and O–H groups in total. The molecule has 1 fully saturated rings. The van der Waals surface area contributed by atoms with E-state index < -0.39 is 5.92 Å². The van der Waals surface area contributed by atoms with Crippen molar-refractivity contribution >= 4 is 34.8 Å². The van der Waals surface area contributed by atoms with Crippen LogP contribution in [0.3, 0.4) is 0 Å². The van der Waals surface area contributed by atoms with E-state index in [2.05, 4.69) is 5.32 Å². The summed E-state index contributed by atoms with van der Waals surface area (Å²) in [6, 6.07) is 11.4. The average Bonchev–Trinajstić information content (AvgIpc) is 2.94. The smallest absolute Gasteiger partial charge is 0.229 e. The van der Waals surface area contributed by atoms with Crippen LogP contribution in [0.4, 0.5) is 15.8 Å². The second kappa shape index (κ2) is 6.61. The third kappa shape index (κ3) is 3.41. The quantitative estimate of drug-likeness (QED) is 0.919. The highest BCUT2D eigenvalue weighted by atomic mass is 35.5. The summed E-state index contributed by atoms with van der Waals surface area (Å²) in [5.74, 6) is -1.26. The standard InChI is InChI=1S/C18H16ClFN2O2/c1-11-2-5-14(9-16(11)20)21-18(24)12-8-17(23)22(10-12)15-6-3-13(19)4-7-15/h2-7,9,12H,8,10H2,1H3,(H,21,24). The number of anilines is 2. The van der Waals surface area contributed by atoms with Gasteiger partial charge in [-0.2, -0.15) is 0 Å². The number of nitrogens with one attached hydrogen (secondary N) is 1. The van der Waals surface area contributed by atoms with E-state index in [1.54, 1.807) is 48.2 Å². The first-order valence-electron chi connectivity index (χ1n) is 7.57. The van der Waals surface area contributed by atoms with E-state index in [0.717, 1.165) is 0 Å². The van der Waals surface area contributed by atoms with Gasteiger partial charge in [0.05, 0.1) is 5.92 Å². The van der Waals surface area contributed by atoms with Crippen LogP contribution in [0.25, 0.3) is 0 Å². The summed E-state index contributed by atoms with van der Waals surface area (Å²) in [5, 5.41) is 3.26. The van der Waals surface area contributed by atoms with Crippen molar-refractivity contribution in [3.8, 4) is 0 Å². The van der Waals surface area contributed by atoms with Crippen LogP contribution in [0, 0.1) is 18.7 Å². The summed E-state index contributed by atoms with van der Waals surface area (Å²) in [7, 11) is 0. The normalized spacial score (nSPS) is 17.2. The van der Waals surface area contributed by atoms with E-state index in [1.807, 2.05) is 0 Å². The molecule has 2 aromatic rings. The van der Waals surface area contributed by atoms with E-state index in [1.165, 1.54) is 6.07 Å². The van der Waals surface area contributed by atoms with E-state index in [9.17, 15) is 14.0 Å². The molecule has 6 heteroatoms. The molecular formula is C18H16ClFN2O2. The van der Waals surface area contributed by atoms with Crippen LogP contribution < -0.4 is 10.2 Å². The second-order valence-corrected chi connectivity index (χ2v) is 6.27. The fraction of sp³-hybridized carbons (Fsp3) is 0.222. The molecule has 0 spiro atoms. The molecule has 0 saturated carbocycles. The van der Waals surface area contributed by atoms with Gasteiger partial charge in [-0.25, -0.2) is 4.39 Å². The third-order valence-corrected chi connectivity index (χ3v) is 4.33. The number of rotatable bonds is 3. The maximum atomic E-state index is 13.6. The van der Waals surface area contributed by atoms with Crippen molar-refractivity contribution in [3.63, 3.8) is 0 Å². The first kappa shape index (κ1) is 16.5. The molecule has 1 saturated heterocycles. The van der Waals surface area contributed by atoms with E-state index >= 15 is 0 Å². The van der Waals surface area contributed by atoms with Crippen molar-refractivity contribution in [2.75, 3.05) is 16.8 Å². The lowest BCUT2D eigenvalue weighted by molar-refractivity contribution is -0.122. The first-order chi connectivity index (χ1) is 11.4. The zero-order chi connectivity index (χ0) is 17.3. The maximum Gasteiger partial charge on any atom is 0.229 e. The van der Waals surface area contributed by atoms with Gasteiger partial charge in [0.25, 0.3) is 0 Å². The zero-order valence-electron chi connectivity index (χ0n) is 13.1. The topological polar surface area (TPSA) is 49.4 Å². The lowest BCUT2D eigenvalue weighted by atomic mass is 10.1. The van der Waals surface area contributed by atoms with Gasteiger partial charge < -0.3 is 10.2 Å². The largest absolute Gasteiger partial charge is 0.326 e. The molecule has 1 aliphatic rings. The highest BCUT2D eigenvalue weighted by molar-refractivity contribution is 6.30. The second-order valence-electron chi connectivity index (χ2n) is 5.84. The number of halogens is 2. The minimum absolute atomic E-state index is 0.118. The maximum absolute atomic E-state index is 13.6. The summed E-state index contributed by atoms with van der Waals surface area (Å²) < 4.78 is 13.6. The Kier molecular flexibility index (Phi) is 4.53. The molecule has 2 amide bonds. The van der Waals surface area contributed by atoms with Gasteiger partial charge in [-0.15, -0.1) is 0 Å². The molecule has 4 nitrogen and oxygen atoms in total. The Morgan fingerprint density at radius 1 is 1.25 bits per heavy atom. The van der Waals surface area contributed by atoms with Crippen LogP contribution in [0.15, 0.2) is 42.5 Å². The molecule has 0 aromatic heterocycles. The van der Waals surface area contributed by atoms with Crippen molar-refractivity contribution in [1.82, 2.24) is 0 Å². The van der Waals surface area contributed by atoms with Crippen LogP contribution in [-0.4, -0.2) is 18.4 Å². The van der Waals surface area contributed by atoms with Gasteiger partial charge in [-0.05, 0) is 48.9 Å². The van der Waals surface area contributed by atoms with Gasteiger partial charge in [0.15, 0.2) is 0 Å². The number of nitrogens with zero attached hydrogens (tertiary/aromatic N) is 1. The van der Waals surface area contributed by atoms with Crippen molar-refractivity contribution in [2.45, 2.75) is 13.3 Å². The highest BCUT2D eigenvalue weighted by Crippen LogP contribution is 2.27. The van der Waals surface area contributed by atoms with Crippen LogP contribution >= 0.6 is 11.6 Å². The molecule has 1 unspecified atom stereocenters. The summed E-state index contributed by atoms with van der Waals surface area (Å²) in [6.45, 7) is 1.95. The molecule has 0 bridgehead atoms. The predicted octanol–water partition coefficient (Wildman–Crippen LogP) is 3.78. The van der Waals surface area contributed by atoms with Crippen molar-refractivity contribution in [3.05, 3.63) is 58.9 Å². The summed E-state index contributed by atoms with van der Waals surface area (Å²) in [5.41, 5.74) is 1.61. The van der Waals surface area contributed by atoms with Gasteiger partial charge in [-0.1, -0.05) is 17.7 Å². The molecule has 1 aliphatic heterocycles. The van der Waals surface area contributed by atoms with Crippen molar-refractivity contribution in [1.29, 1.82) is 0 Å². The first-order valence-corrected chi connectivity index (χ1v) is 7.95. The van der Waals surface area contributed by atoms with E-state index in [-0.39, 0.29) is 24.1 Å². The number of hydrogen-bond donors (Lipinski definition) is 1. The Labute approximate surface area is 144 Å². The van der Waals surface area contributed by atoms with E-state index in [4.69, 9.17) is 11.6 Å². The average molecular weight is 347 g/mol. The van der Waals surface area contributed by atoms with Crippen LogP contribution in [0.1, 0.15) is 12.0 Å². The van der Waals surface area contributed by atoms with Gasteiger partial charge in [0, 0.05) is 29.4 Å². The molecule has 0 radical (unpaired) electrons. The fourth-order valence-electron chi connectivity index (χ4n) is 2.67. The molecule has 124 valence electrons. The number of carbonyl (C=O) groups excluding carboxylic acids is 2. The Morgan fingerprint density at radius 2 is 1.96 bits per heavy atom. The number of amides is 2. The summed E-state index contributed by atoms with van der Waals surface area (Å²) in [6.07, 6.45) is 0.128. The molecule has 1 atom stereocenters. The Bertz CT molecular complexity index is 792. The van der Waals surface area contributed by atoms with Crippen LogP contribution in [0.5, 0.6) is 0 Å². The minimum atomic E-state index is -0.474. The monoisotopic (exact) mass is 346 g/mol. The molecule has 24 heavy (non-hydrogen) atoms. The number of aryl methyl sites for hydroxylation is 1. The Balaban J connectivity index is 1.69. The fourth-order valence-corrected chi connectivity index (χ4v) is 2.79. The SMILES string of the molecule is Cc1ccc(NC(=O)C2CC(=O)N(c3ccc(Cl)cc3)C2)cc1F. The lowest BCUT2D eigenvalue weighted by Crippen LogP contribution is -2.28.